The molecule has 17 heteroatoms. The molecule has 2 unspecified atom stereocenters. The molecule has 2 atom stereocenters. The number of amides is 2. The molecule has 4 heterocycles. The number of morpholine rings is 2. The number of carboxylic acid groups (broad SMARTS) is 1. The van der Waals surface area contributed by atoms with Gasteiger partial charge in [0.1, 0.15) is 11.2 Å². The molecule has 332 valence electrons. The van der Waals surface area contributed by atoms with Gasteiger partial charge in [-0.2, -0.15) is 0 Å². The number of carbonyl (C=O) groups is 5. The van der Waals surface area contributed by atoms with Crippen molar-refractivity contribution < 1.29 is 48.0 Å². The molecular formula is C45H53BrN4O12. The number of aliphatic carboxylic acids is 1. The van der Waals surface area contributed by atoms with E-state index in [1.165, 1.54) is 4.90 Å². The van der Waals surface area contributed by atoms with Crippen molar-refractivity contribution in [3.63, 3.8) is 0 Å². The molecule has 16 nitrogen and oxygen atoms in total. The summed E-state index contributed by atoms with van der Waals surface area (Å²) in [4.78, 5) is 85.1. The van der Waals surface area contributed by atoms with E-state index in [-0.39, 0.29) is 47.3 Å². The molecule has 2 aromatic carbocycles. The van der Waals surface area contributed by atoms with Gasteiger partial charge in [0, 0.05) is 52.8 Å². The lowest BCUT2D eigenvalue weighted by atomic mass is 10.0. The Kier molecular flexibility index (Phi) is 14.1. The van der Waals surface area contributed by atoms with Gasteiger partial charge in [-0.15, -0.1) is 0 Å². The van der Waals surface area contributed by atoms with Gasteiger partial charge in [0.05, 0.1) is 54.6 Å². The number of carboxylic acids is 1. The number of aromatic nitrogens is 2. The van der Waals surface area contributed by atoms with Crippen LogP contribution in [0.25, 0.3) is 21.8 Å². The Labute approximate surface area is 366 Å². The van der Waals surface area contributed by atoms with E-state index in [0.29, 0.717) is 61.8 Å². The first-order chi connectivity index (χ1) is 29.3. The van der Waals surface area contributed by atoms with E-state index >= 15 is 0 Å². The zero-order valence-electron chi connectivity index (χ0n) is 35.8. The number of ether oxygens (including phenoxy) is 4. The van der Waals surface area contributed by atoms with Gasteiger partial charge in [0.2, 0.25) is 0 Å². The Morgan fingerprint density at radius 3 is 1.66 bits per heavy atom. The smallest absolute Gasteiger partial charge is 0.411 e. The highest BCUT2D eigenvalue weighted by Crippen LogP contribution is 2.39. The summed E-state index contributed by atoms with van der Waals surface area (Å²) in [6.45, 7) is 12.6. The zero-order valence-corrected chi connectivity index (χ0v) is 37.3. The average molecular weight is 922 g/mol. The van der Waals surface area contributed by atoms with Crippen molar-refractivity contribution in [2.45, 2.75) is 103 Å². The van der Waals surface area contributed by atoms with Crippen molar-refractivity contribution in [3.8, 4) is 0 Å². The predicted octanol–water partition coefficient (Wildman–Crippen LogP) is 7.08. The molecule has 0 radical (unpaired) electrons. The molecule has 0 spiro atoms. The second-order valence-electron chi connectivity index (χ2n) is 17.6. The van der Waals surface area contributed by atoms with E-state index in [4.69, 9.17) is 24.1 Å². The minimum Gasteiger partial charge on any atom is -0.480 e. The van der Waals surface area contributed by atoms with Crippen LogP contribution in [0, 0.1) is 0 Å². The van der Waals surface area contributed by atoms with E-state index in [0.717, 1.165) is 46.8 Å². The Hall–Kier alpha value is -5.39. The molecule has 2 amide bonds. The highest BCUT2D eigenvalue weighted by atomic mass is 79.9. The number of halogens is 1. The molecule has 2 saturated carbocycles. The lowest BCUT2D eigenvalue weighted by Gasteiger charge is -2.37. The molecule has 4 aromatic rings. The molecular weight excluding hydrogens is 868 g/mol. The fourth-order valence-corrected chi connectivity index (χ4v) is 7.53. The third kappa shape index (κ3) is 11.2. The second-order valence-corrected chi connectivity index (χ2v) is 18.6. The Morgan fingerprint density at radius 1 is 0.710 bits per heavy atom. The fourth-order valence-electron chi connectivity index (χ4n) is 7.18. The predicted molar refractivity (Wildman–Crippen MR) is 233 cm³/mol. The minimum absolute atomic E-state index is 0.00851. The highest BCUT2D eigenvalue weighted by molar-refractivity contribution is 9.10. The van der Waals surface area contributed by atoms with Crippen LogP contribution in [0.1, 0.15) is 112 Å². The monoisotopic (exact) mass is 920 g/mol. The van der Waals surface area contributed by atoms with E-state index in [1.54, 1.807) is 50.2 Å². The van der Waals surface area contributed by atoms with Crippen LogP contribution < -0.4 is 10.9 Å². The van der Waals surface area contributed by atoms with Crippen LogP contribution in [0.4, 0.5) is 9.59 Å². The maximum atomic E-state index is 12.7. The van der Waals surface area contributed by atoms with Crippen molar-refractivity contribution in [1.29, 1.82) is 0 Å². The quantitative estimate of drug-likeness (QED) is 0.194. The molecule has 4 fully saturated rings. The molecule has 4 aliphatic rings. The summed E-state index contributed by atoms with van der Waals surface area (Å²) in [7, 11) is 0. The van der Waals surface area contributed by atoms with Gasteiger partial charge in [-0.05, 0) is 103 Å². The largest absolute Gasteiger partial charge is 0.480 e. The summed E-state index contributed by atoms with van der Waals surface area (Å²) >= 11 is 3.41. The van der Waals surface area contributed by atoms with Crippen molar-refractivity contribution in [3.05, 3.63) is 90.4 Å². The van der Waals surface area contributed by atoms with Crippen LogP contribution in [0.15, 0.2) is 62.9 Å². The van der Waals surface area contributed by atoms with Gasteiger partial charge in [-0.25, -0.2) is 14.4 Å². The van der Waals surface area contributed by atoms with Gasteiger partial charge in [0.25, 0.3) is 0 Å². The Balaban J connectivity index is 0.000000167. The third-order valence-corrected chi connectivity index (χ3v) is 10.9. The maximum absolute atomic E-state index is 12.7. The van der Waals surface area contributed by atoms with Gasteiger partial charge in [-0.1, -0.05) is 22.0 Å². The van der Waals surface area contributed by atoms with Crippen LogP contribution in [-0.2, 0) is 23.7 Å². The van der Waals surface area contributed by atoms with Crippen molar-refractivity contribution in [1.82, 2.24) is 18.9 Å². The summed E-state index contributed by atoms with van der Waals surface area (Å²) in [5, 5.41) is 10.1. The molecule has 1 N–H and O–H groups in total. The number of fused-ring (bicyclic) bond motifs is 2. The summed E-state index contributed by atoms with van der Waals surface area (Å²) in [5.41, 5.74) is 1.34. The van der Waals surface area contributed by atoms with Crippen molar-refractivity contribution >= 4 is 68.5 Å². The number of nitrogens with zero attached hydrogens (tertiary/aromatic N) is 4. The van der Waals surface area contributed by atoms with Crippen LogP contribution in [0.3, 0.4) is 0 Å². The van der Waals surface area contributed by atoms with E-state index < -0.39 is 29.3 Å². The van der Waals surface area contributed by atoms with Gasteiger partial charge in [-0.3, -0.25) is 29.0 Å². The van der Waals surface area contributed by atoms with Crippen molar-refractivity contribution in [2.24, 2.45) is 0 Å². The van der Waals surface area contributed by atoms with Gasteiger partial charge in [0.15, 0.2) is 29.5 Å². The van der Waals surface area contributed by atoms with Crippen molar-refractivity contribution in [2.75, 3.05) is 39.5 Å². The molecule has 2 saturated heterocycles. The number of rotatable bonds is 6. The summed E-state index contributed by atoms with van der Waals surface area (Å²) < 4.78 is 26.4. The first-order valence-corrected chi connectivity index (χ1v) is 21.4. The minimum atomic E-state index is -1.08. The number of aldehydes is 2. The SMILES string of the molecule is CC(C)(C)OC(=O)N1CCOCC1C(=O)O.CC(C)(C)OC(=O)N1CCOCC1c1ccc2c(=O)c(C=O)cn(C3CC3)c2c1.O=Cc1cn(C2CC2)c2cc(Br)ccc2c1=O. The molecule has 8 rings (SSSR count). The molecule has 2 aliphatic carbocycles. The lowest BCUT2D eigenvalue weighted by molar-refractivity contribution is -0.149. The molecule has 0 bridgehead atoms. The third-order valence-electron chi connectivity index (χ3n) is 10.4. The number of hydrogen-bond donors (Lipinski definition) is 1. The zero-order chi connectivity index (χ0) is 45.1. The number of benzene rings is 2. The number of pyridine rings is 2. The van der Waals surface area contributed by atoms with Crippen LogP contribution >= 0.6 is 15.9 Å². The first-order valence-electron chi connectivity index (χ1n) is 20.6. The summed E-state index contributed by atoms with van der Waals surface area (Å²) in [5.74, 6) is -1.08. The normalized spacial score (nSPS) is 19.1. The standard InChI is InChI=1S/C22H26N2O5.C13H10BrNO2.C10H17NO5/c1-22(2,3)29-21(27)23-8-9-28-13-19(23)14-4-7-17-18(10-14)24(16-5-6-16)11-15(12-25)20(17)26;14-9-1-4-11-12(5-9)15(10-2-3-10)6-8(7-16)13(11)17;1-10(2,3)16-9(14)11-4-5-15-6-7(11)8(12)13/h4,7,10-12,16,19H,5-6,8-9,13H2,1-3H3;1,4-7,10H,2-3H2;7H,4-6H2,1-3H3,(H,12,13). The van der Waals surface area contributed by atoms with Gasteiger partial charge < -0.3 is 33.2 Å². The van der Waals surface area contributed by atoms with E-state index in [9.17, 15) is 33.6 Å². The first kappa shape index (κ1) is 46.1. The highest BCUT2D eigenvalue weighted by Gasteiger charge is 2.36. The van der Waals surface area contributed by atoms with Crippen LogP contribution in [0.5, 0.6) is 0 Å². The summed E-state index contributed by atoms with van der Waals surface area (Å²) in [6.07, 6.45) is 7.89. The summed E-state index contributed by atoms with van der Waals surface area (Å²) in [6, 6.07) is 10.6. The topological polar surface area (TPSA) is 193 Å². The molecule has 62 heavy (non-hydrogen) atoms. The molecule has 2 aliphatic heterocycles. The average Bonchev–Trinajstić information content (AvgIpc) is 4.16. The van der Waals surface area contributed by atoms with E-state index in [2.05, 4.69) is 15.9 Å². The van der Waals surface area contributed by atoms with Gasteiger partial charge >= 0.3 is 18.2 Å². The van der Waals surface area contributed by atoms with E-state index in [1.807, 2.05) is 54.2 Å². The fraction of sp³-hybridized carbons (Fsp3) is 0.489. The number of hydrogen-bond acceptors (Lipinski definition) is 11. The number of carbonyl (C=O) groups excluding carboxylic acids is 4. The van der Waals surface area contributed by atoms with Crippen LogP contribution in [0.2, 0.25) is 0 Å². The lowest BCUT2D eigenvalue weighted by Crippen LogP contribution is -2.53. The molecule has 2 aromatic heterocycles. The second kappa shape index (κ2) is 18.9. The van der Waals surface area contributed by atoms with Crippen LogP contribution in [-0.4, -0.2) is 112 Å². The Bertz CT molecular complexity index is 2480. The Morgan fingerprint density at radius 2 is 1.18 bits per heavy atom. The maximum Gasteiger partial charge on any atom is 0.411 e.